The van der Waals surface area contributed by atoms with E-state index in [1.807, 2.05) is 13.8 Å². The summed E-state index contributed by atoms with van der Waals surface area (Å²) in [5.74, 6) is -1.06. The first-order valence-electron chi connectivity index (χ1n) is 6.91. The maximum atomic E-state index is 13.8. The van der Waals surface area contributed by atoms with Crippen molar-refractivity contribution >= 4 is 24.2 Å². The van der Waals surface area contributed by atoms with Crippen LogP contribution in [0.5, 0.6) is 0 Å². The first-order valence-corrected chi connectivity index (χ1v) is 6.91. The fraction of sp³-hybridized carbons (Fsp3) is 0.467. The smallest absolute Gasteiger partial charge is 0.237 e. The molecular weight excluding hydrogens is 309 g/mol. The van der Waals surface area contributed by atoms with Crippen molar-refractivity contribution < 1.29 is 14.0 Å². The lowest BCUT2D eigenvalue weighted by atomic mass is 10.0. The lowest BCUT2D eigenvalue weighted by Crippen LogP contribution is -2.40. The minimum Gasteiger partial charge on any atom is -0.370 e. The van der Waals surface area contributed by atoms with E-state index in [-0.39, 0.29) is 49.4 Å². The van der Waals surface area contributed by atoms with Crippen LogP contribution in [0.15, 0.2) is 18.2 Å². The molecule has 0 unspecified atom stereocenters. The number of nitrogens with two attached hydrogens (primary N) is 2. The Morgan fingerprint density at radius 2 is 1.95 bits per heavy atom. The number of rotatable bonds is 7. The molecule has 1 aromatic rings. The van der Waals surface area contributed by atoms with Crippen molar-refractivity contribution in [1.82, 2.24) is 5.32 Å². The van der Waals surface area contributed by atoms with E-state index in [9.17, 15) is 14.0 Å². The predicted molar refractivity (Wildman–Crippen MR) is 86.0 cm³/mol. The molecule has 7 heteroatoms. The van der Waals surface area contributed by atoms with Gasteiger partial charge in [-0.3, -0.25) is 9.59 Å². The third-order valence-corrected chi connectivity index (χ3v) is 3.19. The number of hydrogen-bond donors (Lipinski definition) is 3. The fourth-order valence-electron chi connectivity index (χ4n) is 1.90. The van der Waals surface area contributed by atoms with Gasteiger partial charge >= 0.3 is 0 Å². The number of hydrogen-bond acceptors (Lipinski definition) is 3. The fourth-order valence-corrected chi connectivity index (χ4v) is 1.90. The summed E-state index contributed by atoms with van der Waals surface area (Å²) in [7, 11) is 0. The molecule has 0 aliphatic rings. The summed E-state index contributed by atoms with van der Waals surface area (Å²) in [4.78, 5) is 22.3. The van der Waals surface area contributed by atoms with E-state index < -0.39 is 11.9 Å². The molecule has 0 radical (unpaired) electrons. The topological polar surface area (TPSA) is 98.2 Å². The highest BCUT2D eigenvalue weighted by Gasteiger charge is 2.14. The van der Waals surface area contributed by atoms with Gasteiger partial charge in [-0.1, -0.05) is 26.0 Å². The Balaban J connectivity index is 0.00000441. The molecule has 2 amide bonds. The molecule has 0 saturated carbocycles. The minimum absolute atomic E-state index is 0. The van der Waals surface area contributed by atoms with Gasteiger partial charge in [-0.05, 0) is 29.5 Å². The van der Waals surface area contributed by atoms with Crippen molar-refractivity contribution in [2.24, 2.45) is 11.5 Å². The zero-order valence-corrected chi connectivity index (χ0v) is 13.6. The van der Waals surface area contributed by atoms with Crippen LogP contribution in [0.4, 0.5) is 4.39 Å². The molecule has 0 aliphatic carbocycles. The summed E-state index contributed by atoms with van der Waals surface area (Å²) in [6.07, 6.45) is 0.258. The van der Waals surface area contributed by atoms with Crippen molar-refractivity contribution in [2.45, 2.75) is 45.2 Å². The molecular formula is C15H23ClFN3O2. The summed E-state index contributed by atoms with van der Waals surface area (Å²) in [5.41, 5.74) is 11.9. The Labute approximate surface area is 136 Å². The average Bonchev–Trinajstić information content (AvgIpc) is 2.41. The lowest BCUT2D eigenvalue weighted by Gasteiger charge is -2.13. The molecule has 0 bridgehead atoms. The molecule has 0 heterocycles. The van der Waals surface area contributed by atoms with E-state index in [0.717, 1.165) is 0 Å². The summed E-state index contributed by atoms with van der Waals surface area (Å²) in [5, 5.41) is 2.62. The van der Waals surface area contributed by atoms with Crippen LogP contribution in [0.25, 0.3) is 0 Å². The van der Waals surface area contributed by atoms with Gasteiger partial charge in [0.15, 0.2) is 0 Å². The van der Waals surface area contributed by atoms with Gasteiger partial charge in [0, 0.05) is 13.0 Å². The average molecular weight is 332 g/mol. The van der Waals surface area contributed by atoms with Crippen LogP contribution in [-0.4, -0.2) is 17.9 Å². The van der Waals surface area contributed by atoms with Gasteiger partial charge in [0.05, 0.1) is 6.04 Å². The predicted octanol–water partition coefficient (Wildman–Crippen LogP) is 1.58. The summed E-state index contributed by atoms with van der Waals surface area (Å²) in [6.45, 7) is 4.02. The molecule has 0 aromatic heterocycles. The van der Waals surface area contributed by atoms with Gasteiger partial charge in [0.2, 0.25) is 11.8 Å². The van der Waals surface area contributed by atoms with Gasteiger partial charge in [-0.2, -0.15) is 0 Å². The van der Waals surface area contributed by atoms with E-state index in [4.69, 9.17) is 11.5 Å². The minimum atomic E-state index is -0.794. The van der Waals surface area contributed by atoms with E-state index in [1.165, 1.54) is 6.07 Å². The number of amides is 2. The summed E-state index contributed by atoms with van der Waals surface area (Å²) < 4.78 is 13.8. The summed E-state index contributed by atoms with van der Waals surface area (Å²) >= 11 is 0. The highest BCUT2D eigenvalue weighted by atomic mass is 35.5. The van der Waals surface area contributed by atoms with Crippen LogP contribution in [0.1, 0.15) is 43.7 Å². The van der Waals surface area contributed by atoms with Gasteiger partial charge in [-0.15, -0.1) is 12.4 Å². The lowest BCUT2D eigenvalue weighted by molar-refractivity contribution is -0.123. The van der Waals surface area contributed by atoms with Crippen molar-refractivity contribution in [3.63, 3.8) is 0 Å². The van der Waals surface area contributed by atoms with Gasteiger partial charge in [0.1, 0.15) is 5.82 Å². The Kier molecular flexibility index (Phi) is 8.67. The van der Waals surface area contributed by atoms with Gasteiger partial charge < -0.3 is 16.8 Å². The van der Waals surface area contributed by atoms with E-state index in [2.05, 4.69) is 5.32 Å². The van der Waals surface area contributed by atoms with Crippen molar-refractivity contribution in [1.29, 1.82) is 0 Å². The molecule has 0 spiro atoms. The monoisotopic (exact) mass is 331 g/mol. The zero-order valence-electron chi connectivity index (χ0n) is 12.8. The van der Waals surface area contributed by atoms with Gasteiger partial charge in [-0.25, -0.2) is 4.39 Å². The second kappa shape index (κ2) is 9.38. The molecule has 5 nitrogen and oxygen atoms in total. The third-order valence-electron chi connectivity index (χ3n) is 3.19. The SMILES string of the molecule is CC(C)c1ccc(CNC(=O)[C@@H](N)CCC(N)=O)cc1F.Cl. The van der Waals surface area contributed by atoms with Crippen LogP contribution in [0.2, 0.25) is 0 Å². The number of carbonyl (C=O) groups excluding carboxylic acids is 2. The maximum Gasteiger partial charge on any atom is 0.237 e. The third kappa shape index (κ3) is 6.41. The molecule has 1 rings (SSSR count). The molecule has 1 aromatic carbocycles. The molecule has 0 aliphatic heterocycles. The van der Waals surface area contributed by atoms with Crippen molar-refractivity contribution in [3.05, 3.63) is 35.1 Å². The van der Waals surface area contributed by atoms with Crippen LogP contribution in [-0.2, 0) is 16.1 Å². The standard InChI is InChI=1S/C15H22FN3O2.ClH/c1-9(2)11-4-3-10(7-12(11)16)8-19-15(21)13(17)5-6-14(18)20;/h3-4,7,9,13H,5-6,8,17H2,1-2H3,(H2,18,20)(H,19,21);1H/t13-;/m0./s1. The zero-order chi connectivity index (χ0) is 16.0. The van der Waals surface area contributed by atoms with Crippen LogP contribution < -0.4 is 16.8 Å². The molecule has 0 saturated heterocycles. The molecule has 0 fully saturated rings. The largest absolute Gasteiger partial charge is 0.370 e. The van der Waals surface area contributed by atoms with Crippen molar-refractivity contribution in [3.8, 4) is 0 Å². The number of carbonyl (C=O) groups is 2. The number of halogens is 2. The Morgan fingerprint density at radius 1 is 1.32 bits per heavy atom. The Bertz CT molecular complexity index is 524. The van der Waals surface area contributed by atoms with E-state index in [0.29, 0.717) is 11.1 Å². The Morgan fingerprint density at radius 3 is 2.45 bits per heavy atom. The quantitative estimate of drug-likeness (QED) is 0.707. The van der Waals surface area contributed by atoms with Crippen LogP contribution in [0, 0.1) is 5.82 Å². The first-order chi connectivity index (χ1) is 9.81. The van der Waals surface area contributed by atoms with E-state index >= 15 is 0 Å². The number of nitrogens with one attached hydrogen (secondary N) is 1. The Hall–Kier alpha value is -1.66. The van der Waals surface area contributed by atoms with Gasteiger partial charge in [0.25, 0.3) is 0 Å². The normalized spacial score (nSPS) is 11.7. The number of primary amides is 1. The van der Waals surface area contributed by atoms with Crippen LogP contribution >= 0.6 is 12.4 Å². The molecule has 22 heavy (non-hydrogen) atoms. The molecule has 5 N–H and O–H groups in total. The second-order valence-electron chi connectivity index (χ2n) is 5.34. The highest BCUT2D eigenvalue weighted by molar-refractivity contribution is 5.85. The second-order valence-corrected chi connectivity index (χ2v) is 5.34. The number of benzene rings is 1. The molecule has 124 valence electrons. The highest BCUT2D eigenvalue weighted by Crippen LogP contribution is 2.19. The maximum absolute atomic E-state index is 13.8. The first kappa shape index (κ1) is 20.3. The van der Waals surface area contributed by atoms with E-state index in [1.54, 1.807) is 12.1 Å². The van der Waals surface area contributed by atoms with Crippen molar-refractivity contribution in [2.75, 3.05) is 0 Å². The van der Waals surface area contributed by atoms with Crippen LogP contribution in [0.3, 0.4) is 0 Å². The molecule has 1 atom stereocenters. The summed E-state index contributed by atoms with van der Waals surface area (Å²) in [6, 6.07) is 4.10.